The number of carbonyl (C=O) groups is 1. The van der Waals surface area contributed by atoms with E-state index in [1.54, 1.807) is 12.2 Å². The van der Waals surface area contributed by atoms with E-state index < -0.39 is 6.16 Å². The summed E-state index contributed by atoms with van der Waals surface area (Å²) in [5, 5.41) is 13.9. The zero-order valence-electron chi connectivity index (χ0n) is 6.37. The Balaban J connectivity index is -0.0000000300. The molecule has 9 heavy (non-hydrogen) atoms. The molecule has 4 heteroatoms. The molecule has 0 aliphatic rings. The molecule has 3 nitrogen and oxygen atoms in total. The third-order valence-electron chi connectivity index (χ3n) is 0.167. The monoisotopic (exact) mass is 124 g/mol. The van der Waals surface area contributed by atoms with Crippen molar-refractivity contribution in [3.05, 3.63) is 25.3 Å². The van der Waals surface area contributed by atoms with Crippen molar-refractivity contribution >= 4 is 6.16 Å². The average Bonchev–Trinajstić information content (AvgIpc) is 1.65. The number of carboxylic acid groups (broad SMARTS) is 2. The summed E-state index contributed by atoms with van der Waals surface area (Å²) in [6.07, 6.45) is 1.44. The van der Waals surface area contributed by atoms with Gasteiger partial charge in [0.05, 0.1) is 0 Å². The van der Waals surface area contributed by atoms with Gasteiger partial charge in [-0.15, -0.1) is 0 Å². The standard InChI is InChI=1S/C4H6.CH2O3.Li.H/c1-3-4-2;2-1(3)4;;/h3-4H,1-2H2;(H2,2,3,4);;/q;;+1;-1. The van der Waals surface area contributed by atoms with E-state index in [-0.39, 0.29) is 20.3 Å². The van der Waals surface area contributed by atoms with Crippen LogP contribution in [0.3, 0.4) is 0 Å². The van der Waals surface area contributed by atoms with Crippen LogP contribution in [0.25, 0.3) is 0 Å². The first-order chi connectivity index (χ1) is 3.65. The molecule has 0 aliphatic carbocycles. The summed E-state index contributed by atoms with van der Waals surface area (Å²) in [6, 6.07) is 0. The number of hydrogen-bond donors (Lipinski definition) is 2. The molecular weight excluding hydrogens is 115 g/mol. The summed E-state index contributed by atoms with van der Waals surface area (Å²) < 4.78 is 0. The molecule has 0 spiro atoms. The topological polar surface area (TPSA) is 57.5 Å². The SMILES string of the molecule is C=CC=C.O=C(O)O.[H-].[Li+]. The first kappa shape index (κ1) is 15.8. The van der Waals surface area contributed by atoms with E-state index >= 15 is 0 Å². The Morgan fingerprint density at radius 2 is 1.44 bits per heavy atom. The Morgan fingerprint density at radius 3 is 1.44 bits per heavy atom. The summed E-state index contributed by atoms with van der Waals surface area (Å²) in [5.74, 6) is 0. The van der Waals surface area contributed by atoms with Crippen LogP contribution in [0.5, 0.6) is 0 Å². The predicted octanol–water partition coefficient (Wildman–Crippen LogP) is -1.30. The van der Waals surface area contributed by atoms with Crippen molar-refractivity contribution < 1.29 is 35.3 Å². The maximum absolute atomic E-state index is 8.56. The molecule has 0 aromatic carbocycles. The Kier molecular flexibility index (Phi) is 27.4. The third kappa shape index (κ3) is 1740. The van der Waals surface area contributed by atoms with Gasteiger partial charge in [-0.05, 0) is 0 Å². The quantitative estimate of drug-likeness (QED) is 0.337. The molecule has 0 bridgehead atoms. The maximum Gasteiger partial charge on any atom is 1.00 e. The van der Waals surface area contributed by atoms with Gasteiger partial charge in [-0.25, -0.2) is 4.79 Å². The van der Waals surface area contributed by atoms with E-state index in [0.29, 0.717) is 0 Å². The third-order valence-corrected chi connectivity index (χ3v) is 0.167. The second-order valence-electron chi connectivity index (χ2n) is 0.754. The zero-order valence-corrected chi connectivity index (χ0v) is 5.37. The molecule has 0 aromatic heterocycles. The first-order valence-electron chi connectivity index (χ1n) is 1.80. The van der Waals surface area contributed by atoms with Crippen LogP contribution < -0.4 is 18.9 Å². The summed E-state index contributed by atoms with van der Waals surface area (Å²) in [5.41, 5.74) is 0. The molecule has 0 saturated carbocycles. The van der Waals surface area contributed by atoms with E-state index in [9.17, 15) is 0 Å². The van der Waals surface area contributed by atoms with Gasteiger partial charge in [0.15, 0.2) is 0 Å². The summed E-state index contributed by atoms with van der Waals surface area (Å²) >= 11 is 0. The fourth-order valence-corrected chi connectivity index (χ4v) is 0. The number of hydrogen-bond acceptors (Lipinski definition) is 1. The molecule has 0 amide bonds. The normalized spacial score (nSPS) is 4.89. The molecule has 0 aliphatic heterocycles. The average molecular weight is 124 g/mol. The van der Waals surface area contributed by atoms with Gasteiger partial charge >= 0.3 is 25.0 Å². The van der Waals surface area contributed by atoms with E-state index in [2.05, 4.69) is 13.2 Å². The molecule has 0 atom stereocenters. The van der Waals surface area contributed by atoms with Crippen molar-refractivity contribution in [2.75, 3.05) is 0 Å². The van der Waals surface area contributed by atoms with Gasteiger partial charge in [0.2, 0.25) is 0 Å². The van der Waals surface area contributed by atoms with E-state index in [0.717, 1.165) is 0 Å². The Hall–Kier alpha value is -0.653. The molecule has 0 saturated heterocycles. The minimum Gasteiger partial charge on any atom is -1.00 e. The molecule has 0 unspecified atom stereocenters. The van der Waals surface area contributed by atoms with Crippen LogP contribution in [0.1, 0.15) is 1.43 Å². The number of allylic oxidation sites excluding steroid dienone is 2. The molecule has 0 fully saturated rings. The zero-order chi connectivity index (χ0) is 6.99. The van der Waals surface area contributed by atoms with Gasteiger partial charge < -0.3 is 11.6 Å². The Labute approximate surface area is 67.4 Å². The van der Waals surface area contributed by atoms with E-state index in [4.69, 9.17) is 15.0 Å². The predicted molar refractivity (Wildman–Crippen MR) is 32.2 cm³/mol. The Morgan fingerprint density at radius 1 is 1.33 bits per heavy atom. The molecule has 48 valence electrons. The minimum atomic E-state index is -1.83. The van der Waals surface area contributed by atoms with Gasteiger partial charge in [0, 0.05) is 0 Å². The summed E-state index contributed by atoms with van der Waals surface area (Å²) in [7, 11) is 0. The molecule has 0 heterocycles. The van der Waals surface area contributed by atoms with Crippen LogP contribution in [0.15, 0.2) is 25.3 Å². The molecule has 0 rings (SSSR count). The molecular formula is C5H9LiO3. The van der Waals surface area contributed by atoms with Gasteiger partial charge in [-0.1, -0.05) is 25.3 Å². The van der Waals surface area contributed by atoms with Crippen LogP contribution in [-0.2, 0) is 0 Å². The molecule has 0 radical (unpaired) electrons. The smallest absolute Gasteiger partial charge is 1.00 e. The van der Waals surface area contributed by atoms with Gasteiger partial charge in [-0.3, -0.25) is 0 Å². The molecule has 0 aromatic rings. The summed E-state index contributed by atoms with van der Waals surface area (Å²) in [6.45, 7) is 6.72. The maximum atomic E-state index is 8.56. The Bertz CT molecular complexity index is 84.9. The second-order valence-corrected chi connectivity index (χ2v) is 0.754. The van der Waals surface area contributed by atoms with Gasteiger partial charge in [-0.2, -0.15) is 0 Å². The van der Waals surface area contributed by atoms with Crippen LogP contribution in [-0.4, -0.2) is 16.4 Å². The van der Waals surface area contributed by atoms with E-state index in [1.807, 2.05) is 0 Å². The van der Waals surface area contributed by atoms with Crippen molar-refractivity contribution in [1.82, 2.24) is 0 Å². The second kappa shape index (κ2) is 15.7. The largest absolute Gasteiger partial charge is 1.00 e. The number of rotatable bonds is 1. The van der Waals surface area contributed by atoms with Crippen molar-refractivity contribution in [3.63, 3.8) is 0 Å². The summed E-state index contributed by atoms with van der Waals surface area (Å²) in [4.78, 5) is 8.56. The van der Waals surface area contributed by atoms with Crippen LogP contribution >= 0.6 is 0 Å². The van der Waals surface area contributed by atoms with Gasteiger partial charge in [0.25, 0.3) is 0 Å². The van der Waals surface area contributed by atoms with Crippen LogP contribution in [0.4, 0.5) is 4.79 Å². The minimum absolute atomic E-state index is 0. The van der Waals surface area contributed by atoms with Crippen LogP contribution in [0, 0.1) is 0 Å². The fraction of sp³-hybridized carbons (Fsp3) is 0. The first-order valence-corrected chi connectivity index (χ1v) is 1.80. The van der Waals surface area contributed by atoms with Crippen molar-refractivity contribution in [2.24, 2.45) is 0 Å². The fourth-order valence-electron chi connectivity index (χ4n) is 0. The van der Waals surface area contributed by atoms with Crippen molar-refractivity contribution in [2.45, 2.75) is 0 Å². The molecule has 2 N–H and O–H groups in total. The van der Waals surface area contributed by atoms with Crippen molar-refractivity contribution in [1.29, 1.82) is 0 Å². The van der Waals surface area contributed by atoms with E-state index in [1.165, 1.54) is 0 Å². The van der Waals surface area contributed by atoms with Crippen molar-refractivity contribution in [3.8, 4) is 0 Å². The van der Waals surface area contributed by atoms with Crippen LogP contribution in [0.2, 0.25) is 0 Å². The van der Waals surface area contributed by atoms with Gasteiger partial charge in [0.1, 0.15) is 0 Å².